The molecular formula is C17H21N5O4S. The SMILES string of the molecule is COc1ccc([N+](=O)[O-])cc1NC(=O)[C@@H](C)Sc1nnc2n1CCCCC2. The maximum Gasteiger partial charge on any atom is 0.271 e. The number of carbonyl (C=O) groups excluding carboxylic acids is 1. The Hall–Kier alpha value is -2.62. The number of benzene rings is 1. The number of nitro benzene ring substituents is 1. The Morgan fingerprint density at radius 2 is 2.19 bits per heavy atom. The number of anilines is 1. The van der Waals surface area contributed by atoms with E-state index in [4.69, 9.17) is 4.74 Å². The molecule has 3 rings (SSSR count). The first-order valence-corrected chi connectivity index (χ1v) is 9.59. The van der Waals surface area contributed by atoms with Crippen molar-refractivity contribution in [1.82, 2.24) is 14.8 Å². The second kappa shape index (κ2) is 8.38. The van der Waals surface area contributed by atoms with Gasteiger partial charge in [0.1, 0.15) is 11.6 Å². The summed E-state index contributed by atoms with van der Waals surface area (Å²) >= 11 is 1.33. The molecule has 27 heavy (non-hydrogen) atoms. The zero-order valence-electron chi connectivity index (χ0n) is 15.2. The Kier molecular flexibility index (Phi) is 5.94. The summed E-state index contributed by atoms with van der Waals surface area (Å²) in [6, 6.07) is 4.08. The number of thioether (sulfide) groups is 1. The third kappa shape index (κ3) is 4.38. The van der Waals surface area contributed by atoms with Gasteiger partial charge in [-0.2, -0.15) is 0 Å². The molecule has 1 aliphatic rings. The lowest BCUT2D eigenvalue weighted by atomic mass is 10.2. The summed E-state index contributed by atoms with van der Waals surface area (Å²) in [6.07, 6.45) is 4.24. The number of methoxy groups -OCH3 is 1. The second-order valence-electron chi connectivity index (χ2n) is 6.25. The van der Waals surface area contributed by atoms with Gasteiger partial charge in [-0.3, -0.25) is 14.9 Å². The predicted octanol–water partition coefficient (Wildman–Crippen LogP) is 3.04. The lowest BCUT2D eigenvalue weighted by molar-refractivity contribution is -0.384. The van der Waals surface area contributed by atoms with Gasteiger partial charge in [-0.05, 0) is 25.8 Å². The molecule has 1 aromatic heterocycles. The van der Waals surface area contributed by atoms with E-state index in [1.165, 1.54) is 37.1 Å². The van der Waals surface area contributed by atoms with Crippen molar-refractivity contribution in [3.63, 3.8) is 0 Å². The Bertz CT molecular complexity index is 854. The zero-order valence-corrected chi connectivity index (χ0v) is 16.0. The minimum absolute atomic E-state index is 0.116. The number of aryl methyl sites for hydroxylation is 1. The summed E-state index contributed by atoms with van der Waals surface area (Å²) in [6.45, 7) is 2.62. The van der Waals surface area contributed by atoms with Crippen molar-refractivity contribution < 1.29 is 14.5 Å². The van der Waals surface area contributed by atoms with Gasteiger partial charge in [-0.25, -0.2) is 0 Å². The quantitative estimate of drug-likeness (QED) is 0.457. The van der Waals surface area contributed by atoms with E-state index in [1.54, 1.807) is 6.92 Å². The number of rotatable bonds is 6. The van der Waals surface area contributed by atoms with E-state index in [9.17, 15) is 14.9 Å². The lowest BCUT2D eigenvalue weighted by Crippen LogP contribution is -2.23. The lowest BCUT2D eigenvalue weighted by Gasteiger charge is -2.14. The average molecular weight is 391 g/mol. The number of ether oxygens (including phenoxy) is 1. The van der Waals surface area contributed by atoms with Crippen LogP contribution in [-0.4, -0.2) is 38.0 Å². The largest absolute Gasteiger partial charge is 0.495 e. The van der Waals surface area contributed by atoms with Gasteiger partial charge in [0.2, 0.25) is 5.91 Å². The molecule has 2 aromatic rings. The number of hydrogen-bond donors (Lipinski definition) is 1. The van der Waals surface area contributed by atoms with Crippen LogP contribution < -0.4 is 10.1 Å². The maximum absolute atomic E-state index is 12.6. The van der Waals surface area contributed by atoms with Crippen LogP contribution in [0.3, 0.4) is 0 Å². The highest BCUT2D eigenvalue weighted by atomic mass is 32.2. The molecule has 1 amide bonds. The number of non-ortho nitro benzene ring substituents is 1. The van der Waals surface area contributed by atoms with Crippen LogP contribution in [0.4, 0.5) is 11.4 Å². The molecule has 0 aliphatic carbocycles. The summed E-state index contributed by atoms with van der Waals surface area (Å²) in [5.41, 5.74) is 0.151. The summed E-state index contributed by atoms with van der Waals surface area (Å²) in [5, 5.41) is 22.4. The number of nitro groups is 1. The standard InChI is InChI=1S/C17H21N5O4S/c1-11(27-17-20-19-15-6-4-3-5-9-21(15)17)16(23)18-13-10-12(22(24)25)7-8-14(13)26-2/h7-8,10-11H,3-6,9H2,1-2H3,(H,18,23)/t11-/m1/s1. The molecular weight excluding hydrogens is 370 g/mol. The fourth-order valence-corrected chi connectivity index (χ4v) is 3.79. The summed E-state index contributed by atoms with van der Waals surface area (Å²) in [4.78, 5) is 23.1. The van der Waals surface area contributed by atoms with Crippen LogP contribution in [0.2, 0.25) is 0 Å². The van der Waals surface area contributed by atoms with E-state index in [2.05, 4.69) is 20.1 Å². The van der Waals surface area contributed by atoms with Crippen LogP contribution >= 0.6 is 11.8 Å². The number of amides is 1. The molecule has 1 N–H and O–H groups in total. The first-order valence-electron chi connectivity index (χ1n) is 8.71. The normalized spacial score (nSPS) is 14.7. The minimum Gasteiger partial charge on any atom is -0.495 e. The fourth-order valence-electron chi connectivity index (χ4n) is 2.90. The van der Waals surface area contributed by atoms with Crippen LogP contribution in [0.15, 0.2) is 23.4 Å². The highest BCUT2D eigenvalue weighted by Gasteiger charge is 2.22. The minimum atomic E-state index is -0.515. The van der Waals surface area contributed by atoms with Crippen molar-refractivity contribution in [3.05, 3.63) is 34.1 Å². The van der Waals surface area contributed by atoms with Crippen molar-refractivity contribution in [2.75, 3.05) is 12.4 Å². The van der Waals surface area contributed by atoms with Gasteiger partial charge in [-0.15, -0.1) is 10.2 Å². The highest BCUT2D eigenvalue weighted by molar-refractivity contribution is 8.00. The number of nitrogens with zero attached hydrogens (tertiary/aromatic N) is 4. The molecule has 0 radical (unpaired) electrons. The molecule has 1 aliphatic heterocycles. The van der Waals surface area contributed by atoms with E-state index in [-0.39, 0.29) is 17.3 Å². The van der Waals surface area contributed by atoms with Gasteiger partial charge in [0.25, 0.3) is 5.69 Å². The summed E-state index contributed by atoms with van der Waals surface area (Å²) in [7, 11) is 1.44. The van der Waals surface area contributed by atoms with Gasteiger partial charge in [0.15, 0.2) is 5.16 Å². The number of nitrogens with one attached hydrogen (secondary N) is 1. The smallest absolute Gasteiger partial charge is 0.271 e. The third-order valence-corrected chi connectivity index (χ3v) is 5.46. The molecule has 0 saturated carbocycles. The van der Waals surface area contributed by atoms with E-state index in [0.29, 0.717) is 5.75 Å². The van der Waals surface area contributed by atoms with Crippen molar-refractivity contribution in [1.29, 1.82) is 0 Å². The maximum atomic E-state index is 12.6. The second-order valence-corrected chi connectivity index (χ2v) is 7.56. The first-order chi connectivity index (χ1) is 13.0. The Balaban J connectivity index is 1.72. The molecule has 0 saturated heterocycles. The summed E-state index contributed by atoms with van der Waals surface area (Å²) in [5.74, 6) is 1.04. The van der Waals surface area contributed by atoms with Gasteiger partial charge in [0, 0.05) is 25.1 Å². The van der Waals surface area contributed by atoms with Gasteiger partial charge in [0.05, 0.1) is 23.0 Å². The monoisotopic (exact) mass is 391 g/mol. The Labute approximate surface area is 160 Å². The van der Waals surface area contributed by atoms with Crippen molar-refractivity contribution in [3.8, 4) is 5.75 Å². The molecule has 2 heterocycles. The van der Waals surface area contributed by atoms with Crippen LogP contribution in [0.25, 0.3) is 0 Å². The van der Waals surface area contributed by atoms with Gasteiger partial charge in [-0.1, -0.05) is 18.2 Å². The number of carbonyl (C=O) groups is 1. The first kappa shape index (κ1) is 19.2. The molecule has 0 spiro atoms. The Morgan fingerprint density at radius 1 is 1.37 bits per heavy atom. The molecule has 144 valence electrons. The molecule has 0 unspecified atom stereocenters. The van der Waals surface area contributed by atoms with Crippen LogP contribution in [0.5, 0.6) is 5.75 Å². The molecule has 1 atom stereocenters. The van der Waals surface area contributed by atoms with Crippen molar-refractivity contribution in [2.45, 2.75) is 49.6 Å². The predicted molar refractivity (Wildman–Crippen MR) is 101 cm³/mol. The van der Waals surface area contributed by atoms with Crippen LogP contribution in [0, 0.1) is 10.1 Å². The van der Waals surface area contributed by atoms with Gasteiger partial charge < -0.3 is 14.6 Å². The van der Waals surface area contributed by atoms with Crippen molar-refractivity contribution >= 4 is 29.0 Å². The number of aromatic nitrogens is 3. The van der Waals surface area contributed by atoms with Crippen LogP contribution in [0.1, 0.15) is 32.0 Å². The van der Waals surface area contributed by atoms with E-state index in [1.807, 2.05) is 0 Å². The molecule has 0 bridgehead atoms. The zero-order chi connectivity index (χ0) is 19.4. The number of fused-ring (bicyclic) bond motifs is 1. The third-order valence-electron chi connectivity index (χ3n) is 4.38. The number of hydrogen-bond acceptors (Lipinski definition) is 7. The fraction of sp³-hybridized carbons (Fsp3) is 0.471. The molecule has 0 fully saturated rings. The van der Waals surface area contributed by atoms with Crippen LogP contribution in [-0.2, 0) is 17.8 Å². The molecule has 9 nitrogen and oxygen atoms in total. The molecule has 10 heteroatoms. The molecule has 1 aromatic carbocycles. The van der Waals surface area contributed by atoms with E-state index >= 15 is 0 Å². The van der Waals surface area contributed by atoms with E-state index < -0.39 is 10.2 Å². The topological polar surface area (TPSA) is 112 Å². The van der Waals surface area contributed by atoms with Crippen molar-refractivity contribution in [2.24, 2.45) is 0 Å². The van der Waals surface area contributed by atoms with E-state index in [0.717, 1.165) is 43.2 Å². The highest BCUT2D eigenvalue weighted by Crippen LogP contribution is 2.31. The Morgan fingerprint density at radius 3 is 2.93 bits per heavy atom. The summed E-state index contributed by atoms with van der Waals surface area (Å²) < 4.78 is 7.26. The van der Waals surface area contributed by atoms with Gasteiger partial charge >= 0.3 is 0 Å². The average Bonchev–Trinajstić information content (AvgIpc) is 2.88.